The normalized spacial score (nSPS) is 12.7. The average molecular weight is 254 g/mol. The lowest BCUT2D eigenvalue weighted by Crippen LogP contribution is -2.19. The monoisotopic (exact) mass is 254 g/mol. The zero-order chi connectivity index (χ0) is 13.1. The van der Waals surface area contributed by atoms with Gasteiger partial charge in [-0.2, -0.15) is 0 Å². The Morgan fingerprint density at radius 3 is 2.50 bits per heavy atom. The van der Waals surface area contributed by atoms with Crippen LogP contribution in [0.3, 0.4) is 0 Å². The van der Waals surface area contributed by atoms with Gasteiger partial charge in [0.05, 0.1) is 19.3 Å². The zero-order valence-corrected chi connectivity index (χ0v) is 9.42. The van der Waals surface area contributed by atoms with E-state index in [4.69, 9.17) is 5.11 Å². The molecule has 0 saturated heterocycles. The van der Waals surface area contributed by atoms with Crippen molar-refractivity contribution < 1.29 is 19.0 Å². The van der Waals surface area contributed by atoms with Crippen LogP contribution in [0.15, 0.2) is 30.6 Å². The van der Waals surface area contributed by atoms with E-state index in [1.54, 1.807) is 6.20 Å². The topological polar surface area (TPSA) is 58.3 Å². The largest absolute Gasteiger partial charge is 0.394 e. The standard InChI is InChI=1S/C12H12F2N2O2/c13-9-3-8(4-10(14)5-9)12-15-1-2-16(12)6-11(18)7-17/h1-5,11,17-18H,6-7H2. The van der Waals surface area contributed by atoms with Crippen LogP contribution in [0.1, 0.15) is 0 Å². The van der Waals surface area contributed by atoms with Crippen LogP contribution in [0.4, 0.5) is 8.78 Å². The Kier molecular flexibility index (Phi) is 3.69. The molecule has 0 amide bonds. The summed E-state index contributed by atoms with van der Waals surface area (Å²) in [4.78, 5) is 3.99. The van der Waals surface area contributed by atoms with Crippen LogP contribution in [0, 0.1) is 11.6 Å². The number of aliphatic hydroxyl groups is 2. The van der Waals surface area contributed by atoms with E-state index in [0.717, 1.165) is 18.2 Å². The summed E-state index contributed by atoms with van der Waals surface area (Å²) in [6.45, 7) is -0.293. The lowest BCUT2D eigenvalue weighted by Gasteiger charge is -2.11. The first-order valence-electron chi connectivity index (χ1n) is 5.36. The molecule has 0 bridgehead atoms. The number of halogens is 2. The molecule has 0 fully saturated rings. The Labute approximate surface area is 102 Å². The second-order valence-corrected chi connectivity index (χ2v) is 3.90. The molecule has 2 N–H and O–H groups in total. The van der Waals surface area contributed by atoms with E-state index >= 15 is 0 Å². The summed E-state index contributed by atoms with van der Waals surface area (Å²) in [6.07, 6.45) is 2.08. The maximum atomic E-state index is 13.1. The summed E-state index contributed by atoms with van der Waals surface area (Å²) in [7, 11) is 0. The summed E-state index contributed by atoms with van der Waals surface area (Å²) in [5, 5.41) is 18.1. The van der Waals surface area contributed by atoms with Crippen LogP contribution in [0.25, 0.3) is 11.4 Å². The van der Waals surface area contributed by atoms with Gasteiger partial charge < -0.3 is 14.8 Å². The van der Waals surface area contributed by atoms with Gasteiger partial charge in [0.2, 0.25) is 0 Å². The summed E-state index contributed by atoms with van der Waals surface area (Å²) in [6, 6.07) is 3.10. The van der Waals surface area contributed by atoms with Gasteiger partial charge in [-0.25, -0.2) is 13.8 Å². The molecule has 2 aromatic rings. The van der Waals surface area contributed by atoms with Crippen molar-refractivity contribution in [2.24, 2.45) is 0 Å². The smallest absolute Gasteiger partial charge is 0.140 e. The molecular weight excluding hydrogens is 242 g/mol. The van der Waals surface area contributed by atoms with Gasteiger partial charge in [-0.3, -0.25) is 0 Å². The van der Waals surface area contributed by atoms with Crippen LogP contribution in [0.5, 0.6) is 0 Å². The zero-order valence-electron chi connectivity index (χ0n) is 9.42. The lowest BCUT2D eigenvalue weighted by molar-refractivity contribution is 0.0816. The average Bonchev–Trinajstić information content (AvgIpc) is 2.75. The molecule has 4 nitrogen and oxygen atoms in total. The third kappa shape index (κ3) is 2.72. The highest BCUT2D eigenvalue weighted by Crippen LogP contribution is 2.20. The van der Waals surface area contributed by atoms with E-state index in [2.05, 4.69) is 4.98 Å². The van der Waals surface area contributed by atoms with Crippen molar-refractivity contribution in [2.45, 2.75) is 12.6 Å². The van der Waals surface area contributed by atoms with Gasteiger partial charge >= 0.3 is 0 Å². The number of hydrogen-bond acceptors (Lipinski definition) is 3. The molecule has 1 aromatic carbocycles. The number of nitrogens with zero attached hydrogens (tertiary/aromatic N) is 2. The molecule has 0 saturated carbocycles. The van der Waals surface area contributed by atoms with Gasteiger partial charge in [-0.05, 0) is 12.1 Å². The molecule has 2 rings (SSSR count). The van der Waals surface area contributed by atoms with Gasteiger partial charge in [-0.15, -0.1) is 0 Å². The predicted octanol–water partition coefficient (Wildman–Crippen LogP) is 1.18. The van der Waals surface area contributed by atoms with Crippen LogP contribution in [-0.4, -0.2) is 32.5 Å². The van der Waals surface area contributed by atoms with Gasteiger partial charge in [0.15, 0.2) is 0 Å². The number of aromatic nitrogens is 2. The summed E-state index contributed by atoms with van der Waals surface area (Å²) >= 11 is 0. The molecule has 0 aliphatic carbocycles. The SMILES string of the molecule is OCC(O)Cn1ccnc1-c1cc(F)cc(F)c1. The van der Waals surface area contributed by atoms with Crippen molar-refractivity contribution in [3.05, 3.63) is 42.2 Å². The van der Waals surface area contributed by atoms with E-state index in [0.29, 0.717) is 5.82 Å². The molecule has 1 atom stereocenters. The Balaban J connectivity index is 2.36. The second kappa shape index (κ2) is 5.24. The maximum Gasteiger partial charge on any atom is 0.140 e. The van der Waals surface area contributed by atoms with Crippen molar-refractivity contribution in [1.82, 2.24) is 9.55 Å². The molecule has 0 aliphatic rings. The lowest BCUT2D eigenvalue weighted by atomic mass is 10.2. The molecular formula is C12H12F2N2O2. The third-order valence-electron chi connectivity index (χ3n) is 2.45. The quantitative estimate of drug-likeness (QED) is 0.861. The van der Waals surface area contributed by atoms with E-state index in [-0.39, 0.29) is 12.1 Å². The molecule has 0 radical (unpaired) electrons. The molecule has 0 spiro atoms. The number of benzene rings is 1. The van der Waals surface area contributed by atoms with Gasteiger partial charge in [0, 0.05) is 24.0 Å². The van der Waals surface area contributed by atoms with E-state index < -0.39 is 24.3 Å². The Hall–Kier alpha value is -1.79. The second-order valence-electron chi connectivity index (χ2n) is 3.90. The fourth-order valence-electron chi connectivity index (χ4n) is 1.68. The van der Waals surface area contributed by atoms with E-state index in [1.807, 2.05) is 0 Å². The summed E-state index contributed by atoms with van der Waals surface area (Å²) < 4.78 is 27.8. The maximum absolute atomic E-state index is 13.1. The van der Waals surface area contributed by atoms with Crippen molar-refractivity contribution in [3.63, 3.8) is 0 Å². The Morgan fingerprint density at radius 2 is 1.89 bits per heavy atom. The summed E-state index contributed by atoms with van der Waals surface area (Å²) in [5.74, 6) is -1.05. The van der Waals surface area contributed by atoms with E-state index in [9.17, 15) is 13.9 Å². The minimum atomic E-state index is -0.948. The first-order valence-corrected chi connectivity index (χ1v) is 5.36. The Morgan fingerprint density at radius 1 is 1.22 bits per heavy atom. The van der Waals surface area contributed by atoms with Crippen LogP contribution >= 0.6 is 0 Å². The fraction of sp³-hybridized carbons (Fsp3) is 0.250. The van der Waals surface area contributed by atoms with Crippen molar-refractivity contribution in [3.8, 4) is 11.4 Å². The number of hydrogen-bond donors (Lipinski definition) is 2. The van der Waals surface area contributed by atoms with Gasteiger partial charge in [0.1, 0.15) is 17.5 Å². The fourth-order valence-corrected chi connectivity index (χ4v) is 1.68. The van der Waals surface area contributed by atoms with Crippen LogP contribution in [-0.2, 0) is 6.54 Å². The van der Waals surface area contributed by atoms with E-state index in [1.165, 1.54) is 10.8 Å². The van der Waals surface area contributed by atoms with Gasteiger partial charge in [-0.1, -0.05) is 0 Å². The minimum Gasteiger partial charge on any atom is -0.394 e. The van der Waals surface area contributed by atoms with Crippen molar-refractivity contribution >= 4 is 0 Å². The number of rotatable bonds is 4. The highest BCUT2D eigenvalue weighted by Gasteiger charge is 2.11. The highest BCUT2D eigenvalue weighted by atomic mass is 19.1. The molecule has 6 heteroatoms. The number of imidazole rings is 1. The molecule has 18 heavy (non-hydrogen) atoms. The first-order chi connectivity index (χ1) is 8.60. The molecule has 1 unspecified atom stereocenters. The number of aliphatic hydroxyl groups excluding tert-OH is 2. The third-order valence-corrected chi connectivity index (χ3v) is 2.45. The van der Waals surface area contributed by atoms with Crippen molar-refractivity contribution in [1.29, 1.82) is 0 Å². The minimum absolute atomic E-state index is 0.101. The Bertz CT molecular complexity index is 522. The predicted molar refractivity (Wildman–Crippen MR) is 60.7 cm³/mol. The molecule has 1 heterocycles. The highest BCUT2D eigenvalue weighted by molar-refractivity contribution is 5.55. The molecule has 96 valence electrons. The summed E-state index contributed by atoms with van der Waals surface area (Å²) in [5.41, 5.74) is 0.280. The molecule has 0 aliphatic heterocycles. The van der Waals surface area contributed by atoms with Crippen LogP contribution in [0.2, 0.25) is 0 Å². The molecule has 1 aromatic heterocycles. The van der Waals surface area contributed by atoms with Crippen LogP contribution < -0.4 is 0 Å². The van der Waals surface area contributed by atoms with Gasteiger partial charge in [0.25, 0.3) is 0 Å². The first kappa shape index (κ1) is 12.7. The van der Waals surface area contributed by atoms with Crippen molar-refractivity contribution in [2.75, 3.05) is 6.61 Å².